The smallest absolute Gasteiger partial charge is 0.306 e. The maximum atomic E-state index is 11.7. The molecule has 0 fully saturated rings. The zero-order chi connectivity index (χ0) is 13.2. The van der Waals surface area contributed by atoms with Gasteiger partial charge in [-0.05, 0) is 6.92 Å². The number of ether oxygens (including phenoxy) is 2. The number of hydrogen-bond donors (Lipinski definition) is 0. The summed E-state index contributed by atoms with van der Waals surface area (Å²) in [6.45, 7) is 3.12. The van der Waals surface area contributed by atoms with E-state index in [0.29, 0.717) is 18.8 Å². The lowest BCUT2D eigenvalue weighted by molar-refractivity contribution is -0.145. The molecule has 4 heteroatoms. The number of Topliss-reactive ketones (excluding diaryl/α,β-unsaturated/α-hetero) is 1. The minimum absolute atomic E-state index is 0.0441. The fraction of sp³-hybridized carbons (Fsp3) is 0.429. The molecule has 0 bridgehead atoms. The Morgan fingerprint density at radius 1 is 1.06 bits per heavy atom. The molecule has 4 nitrogen and oxygen atoms in total. The van der Waals surface area contributed by atoms with Gasteiger partial charge in [-0.15, -0.1) is 0 Å². The topological polar surface area (TPSA) is 52.6 Å². The molecule has 1 rings (SSSR count). The normalized spacial score (nSPS) is 10.1. The average Bonchev–Trinajstić information content (AvgIpc) is 2.42. The van der Waals surface area contributed by atoms with Crippen LogP contribution in [0.4, 0.5) is 0 Å². The van der Waals surface area contributed by atoms with Gasteiger partial charge in [-0.25, -0.2) is 0 Å². The van der Waals surface area contributed by atoms with Crippen LogP contribution in [0.2, 0.25) is 0 Å². The molecule has 0 spiro atoms. The van der Waals surface area contributed by atoms with Gasteiger partial charge < -0.3 is 9.47 Å². The molecular formula is C14H18O4. The second kappa shape index (κ2) is 8.42. The highest BCUT2D eigenvalue weighted by Crippen LogP contribution is 2.05. The van der Waals surface area contributed by atoms with Gasteiger partial charge in [-0.2, -0.15) is 0 Å². The van der Waals surface area contributed by atoms with E-state index in [-0.39, 0.29) is 31.2 Å². The quantitative estimate of drug-likeness (QED) is 0.403. The maximum absolute atomic E-state index is 11.7. The van der Waals surface area contributed by atoms with Gasteiger partial charge in [-0.3, -0.25) is 9.59 Å². The fourth-order valence-corrected chi connectivity index (χ4v) is 1.41. The Morgan fingerprint density at radius 3 is 2.44 bits per heavy atom. The first-order chi connectivity index (χ1) is 8.74. The zero-order valence-corrected chi connectivity index (χ0v) is 10.6. The van der Waals surface area contributed by atoms with Gasteiger partial charge in [-0.1, -0.05) is 30.3 Å². The highest BCUT2D eigenvalue weighted by atomic mass is 16.6. The summed E-state index contributed by atoms with van der Waals surface area (Å²) in [5.41, 5.74) is 0.625. The van der Waals surface area contributed by atoms with Crippen LogP contribution in [0, 0.1) is 0 Å². The molecule has 0 aromatic heterocycles. The zero-order valence-electron chi connectivity index (χ0n) is 10.6. The Kier molecular flexibility index (Phi) is 6.72. The fourth-order valence-electron chi connectivity index (χ4n) is 1.41. The van der Waals surface area contributed by atoms with Crippen molar-refractivity contribution >= 4 is 11.8 Å². The van der Waals surface area contributed by atoms with Crippen LogP contribution in [0.1, 0.15) is 30.1 Å². The molecule has 0 unspecified atom stereocenters. The molecule has 0 saturated heterocycles. The molecule has 0 aliphatic carbocycles. The van der Waals surface area contributed by atoms with Gasteiger partial charge in [0.1, 0.15) is 6.61 Å². The summed E-state index contributed by atoms with van der Waals surface area (Å²) >= 11 is 0. The monoisotopic (exact) mass is 250 g/mol. The molecule has 98 valence electrons. The molecule has 1 aromatic carbocycles. The van der Waals surface area contributed by atoms with Gasteiger partial charge in [0.25, 0.3) is 0 Å². The van der Waals surface area contributed by atoms with Crippen LogP contribution in [-0.2, 0) is 14.3 Å². The lowest BCUT2D eigenvalue weighted by atomic mass is 10.1. The van der Waals surface area contributed by atoms with Gasteiger partial charge in [0, 0.05) is 18.6 Å². The highest BCUT2D eigenvalue weighted by molar-refractivity contribution is 5.97. The third-order valence-electron chi connectivity index (χ3n) is 2.35. The Balaban J connectivity index is 2.20. The van der Waals surface area contributed by atoms with Gasteiger partial charge in [0.15, 0.2) is 5.78 Å². The highest BCUT2D eigenvalue weighted by Gasteiger charge is 2.09. The van der Waals surface area contributed by atoms with E-state index < -0.39 is 0 Å². The van der Waals surface area contributed by atoms with Crippen LogP contribution in [-0.4, -0.2) is 31.6 Å². The number of carbonyl (C=O) groups is 2. The minimum Gasteiger partial charge on any atom is -0.463 e. The molecule has 0 radical (unpaired) electrons. The van der Waals surface area contributed by atoms with Crippen molar-refractivity contribution in [1.29, 1.82) is 0 Å². The molecule has 0 aliphatic rings. The summed E-state index contributed by atoms with van der Waals surface area (Å²) in [6, 6.07) is 8.92. The van der Waals surface area contributed by atoms with E-state index in [1.807, 2.05) is 13.0 Å². The van der Waals surface area contributed by atoms with Crippen LogP contribution in [0.5, 0.6) is 0 Å². The summed E-state index contributed by atoms with van der Waals surface area (Å²) in [7, 11) is 0. The summed E-state index contributed by atoms with van der Waals surface area (Å²) in [6.07, 6.45) is 0.289. The Labute approximate surface area is 107 Å². The van der Waals surface area contributed by atoms with E-state index in [9.17, 15) is 9.59 Å². The summed E-state index contributed by atoms with van der Waals surface area (Å²) < 4.78 is 9.95. The number of hydrogen-bond acceptors (Lipinski definition) is 4. The maximum Gasteiger partial charge on any atom is 0.306 e. The molecule has 0 atom stereocenters. The predicted octanol–water partition coefficient (Wildman–Crippen LogP) is 2.23. The van der Waals surface area contributed by atoms with Crippen molar-refractivity contribution in [1.82, 2.24) is 0 Å². The Hall–Kier alpha value is -1.68. The Morgan fingerprint density at radius 2 is 1.78 bits per heavy atom. The van der Waals surface area contributed by atoms with E-state index >= 15 is 0 Å². The van der Waals surface area contributed by atoms with Crippen LogP contribution in [0.15, 0.2) is 30.3 Å². The molecule has 0 amide bonds. The predicted molar refractivity (Wildman–Crippen MR) is 67.5 cm³/mol. The van der Waals surface area contributed by atoms with Crippen LogP contribution in [0.25, 0.3) is 0 Å². The SMILES string of the molecule is CCOCCOC(=O)CCC(=O)c1ccccc1. The minimum atomic E-state index is -0.362. The van der Waals surface area contributed by atoms with E-state index in [4.69, 9.17) is 9.47 Å². The third kappa shape index (κ3) is 5.59. The Bertz CT molecular complexity index is 373. The number of benzene rings is 1. The third-order valence-corrected chi connectivity index (χ3v) is 2.35. The number of carbonyl (C=O) groups excluding carboxylic acids is 2. The van der Waals surface area contributed by atoms with Crippen molar-refractivity contribution in [3.8, 4) is 0 Å². The summed E-state index contributed by atoms with van der Waals surface area (Å²) in [4.78, 5) is 23.0. The van der Waals surface area contributed by atoms with Crippen molar-refractivity contribution in [3.05, 3.63) is 35.9 Å². The van der Waals surface area contributed by atoms with E-state index in [0.717, 1.165) is 0 Å². The molecule has 0 heterocycles. The van der Waals surface area contributed by atoms with Crippen LogP contribution in [0.3, 0.4) is 0 Å². The lowest BCUT2D eigenvalue weighted by Gasteiger charge is -2.04. The first kappa shape index (κ1) is 14.4. The first-order valence-electron chi connectivity index (χ1n) is 6.05. The van der Waals surface area contributed by atoms with Gasteiger partial charge >= 0.3 is 5.97 Å². The summed E-state index contributed by atoms with van der Waals surface area (Å²) in [5.74, 6) is -0.406. The number of ketones is 1. The second-order valence-corrected chi connectivity index (χ2v) is 3.71. The van der Waals surface area contributed by atoms with Crippen molar-refractivity contribution in [2.75, 3.05) is 19.8 Å². The standard InChI is InChI=1S/C14H18O4/c1-2-17-10-11-18-14(16)9-8-13(15)12-6-4-3-5-7-12/h3-7H,2,8-11H2,1H3. The first-order valence-corrected chi connectivity index (χ1v) is 6.05. The molecular weight excluding hydrogens is 232 g/mol. The van der Waals surface area contributed by atoms with E-state index in [2.05, 4.69) is 0 Å². The van der Waals surface area contributed by atoms with Gasteiger partial charge in [0.05, 0.1) is 13.0 Å². The van der Waals surface area contributed by atoms with Gasteiger partial charge in [0.2, 0.25) is 0 Å². The van der Waals surface area contributed by atoms with E-state index in [1.165, 1.54) is 0 Å². The largest absolute Gasteiger partial charge is 0.463 e. The van der Waals surface area contributed by atoms with Crippen LogP contribution < -0.4 is 0 Å². The average molecular weight is 250 g/mol. The van der Waals surface area contributed by atoms with Crippen molar-refractivity contribution < 1.29 is 19.1 Å². The van der Waals surface area contributed by atoms with E-state index in [1.54, 1.807) is 24.3 Å². The van der Waals surface area contributed by atoms with Crippen LogP contribution >= 0.6 is 0 Å². The van der Waals surface area contributed by atoms with Crippen molar-refractivity contribution in [3.63, 3.8) is 0 Å². The molecule has 18 heavy (non-hydrogen) atoms. The molecule has 0 saturated carbocycles. The second-order valence-electron chi connectivity index (χ2n) is 3.71. The summed E-state index contributed by atoms with van der Waals surface area (Å²) in [5, 5.41) is 0. The molecule has 0 N–H and O–H groups in total. The number of esters is 1. The lowest BCUT2D eigenvalue weighted by Crippen LogP contribution is -2.12. The van der Waals surface area contributed by atoms with Crippen molar-refractivity contribution in [2.45, 2.75) is 19.8 Å². The molecule has 0 aliphatic heterocycles. The molecule has 1 aromatic rings. The van der Waals surface area contributed by atoms with Crippen molar-refractivity contribution in [2.24, 2.45) is 0 Å². The number of rotatable bonds is 8.